The lowest BCUT2D eigenvalue weighted by Gasteiger charge is -2.18. The van der Waals surface area contributed by atoms with Crippen LogP contribution in [0.25, 0.3) is 0 Å². The Morgan fingerprint density at radius 3 is 2.38 bits per heavy atom. The van der Waals surface area contributed by atoms with E-state index in [2.05, 4.69) is 44.2 Å². The van der Waals surface area contributed by atoms with Crippen LogP contribution in [-0.2, 0) is 9.53 Å². The van der Waals surface area contributed by atoms with Gasteiger partial charge in [0.05, 0.1) is 18.8 Å². The first-order valence-electron chi connectivity index (χ1n) is 13.1. The standard InChI is InChI=1S/C22H34O4.3C2H6/c1-3-16(2)10-9-12-18-19(23)14-20-22(18)17(15-26-20)11-7-5-4-6-8-13-21(24)25;3*1-2/h5,7,9,11-12,16,18-20,22-23H,3-4,6,8,10,13-15H2,1-2H3,(H,24,25);3*1-2H3/b7-5-,12-9+,17-11+;;;/t16?,18?,19-,20+,22-;;;/m1.../s1. The Balaban J connectivity index is 0. The Bertz CT molecular complexity index is 536. The second kappa shape index (κ2) is 21.5. The predicted molar refractivity (Wildman–Crippen MR) is 138 cm³/mol. The molecule has 0 aromatic rings. The number of rotatable bonds is 10. The maximum atomic E-state index is 10.5. The quantitative estimate of drug-likeness (QED) is 0.265. The molecule has 32 heavy (non-hydrogen) atoms. The Kier molecular flexibility index (Phi) is 22.0. The molecule has 1 aliphatic heterocycles. The van der Waals surface area contributed by atoms with Crippen LogP contribution in [0.5, 0.6) is 0 Å². The molecule has 2 aliphatic rings. The van der Waals surface area contributed by atoms with Gasteiger partial charge in [0.25, 0.3) is 0 Å². The summed E-state index contributed by atoms with van der Waals surface area (Å²) in [7, 11) is 0. The van der Waals surface area contributed by atoms with Crippen molar-refractivity contribution in [3.63, 3.8) is 0 Å². The zero-order valence-electron chi connectivity index (χ0n) is 22.1. The third-order valence-corrected chi connectivity index (χ3v) is 5.68. The maximum Gasteiger partial charge on any atom is 0.303 e. The van der Waals surface area contributed by atoms with Gasteiger partial charge in [0, 0.05) is 24.7 Å². The van der Waals surface area contributed by atoms with Crippen molar-refractivity contribution < 1.29 is 19.7 Å². The van der Waals surface area contributed by atoms with Crippen molar-refractivity contribution in [1.29, 1.82) is 0 Å². The summed E-state index contributed by atoms with van der Waals surface area (Å²) in [5.74, 6) is 0.397. The monoisotopic (exact) mass is 452 g/mol. The Labute approximate surface area is 198 Å². The molecule has 1 saturated heterocycles. The molecule has 0 aromatic carbocycles. The van der Waals surface area contributed by atoms with Crippen molar-refractivity contribution in [3.8, 4) is 0 Å². The van der Waals surface area contributed by atoms with Crippen molar-refractivity contribution in [2.75, 3.05) is 6.61 Å². The fraction of sp³-hybridized carbons (Fsp3) is 0.750. The van der Waals surface area contributed by atoms with Gasteiger partial charge in [-0.05, 0) is 37.2 Å². The molecule has 1 saturated carbocycles. The van der Waals surface area contributed by atoms with E-state index in [4.69, 9.17) is 9.84 Å². The summed E-state index contributed by atoms with van der Waals surface area (Å²) in [6.45, 7) is 17.1. The Hall–Kier alpha value is -1.39. The molecule has 1 aliphatic carbocycles. The lowest BCUT2D eigenvalue weighted by atomic mass is 9.87. The highest BCUT2D eigenvalue weighted by atomic mass is 16.5. The summed E-state index contributed by atoms with van der Waals surface area (Å²) < 4.78 is 5.90. The molecule has 0 amide bonds. The van der Waals surface area contributed by atoms with Crippen molar-refractivity contribution in [2.24, 2.45) is 17.8 Å². The second-order valence-corrected chi connectivity index (χ2v) is 7.74. The molecule has 4 nitrogen and oxygen atoms in total. The number of hydrogen-bond donors (Lipinski definition) is 2. The highest BCUT2D eigenvalue weighted by molar-refractivity contribution is 5.66. The lowest BCUT2D eigenvalue weighted by molar-refractivity contribution is -0.137. The number of unbranched alkanes of at least 4 members (excludes halogenated alkanes) is 2. The molecule has 2 fully saturated rings. The minimum atomic E-state index is -0.725. The van der Waals surface area contributed by atoms with Crippen LogP contribution in [0.2, 0.25) is 0 Å². The second-order valence-electron chi connectivity index (χ2n) is 7.74. The van der Waals surface area contributed by atoms with Crippen molar-refractivity contribution >= 4 is 5.97 Å². The summed E-state index contributed by atoms with van der Waals surface area (Å²) in [6, 6.07) is 0. The normalized spacial score (nSPS) is 26.0. The smallest absolute Gasteiger partial charge is 0.303 e. The van der Waals surface area contributed by atoms with Gasteiger partial charge < -0.3 is 14.9 Å². The van der Waals surface area contributed by atoms with Gasteiger partial charge in [-0.1, -0.05) is 92.2 Å². The van der Waals surface area contributed by atoms with Gasteiger partial charge in [0.15, 0.2) is 0 Å². The van der Waals surface area contributed by atoms with Gasteiger partial charge in [-0.25, -0.2) is 0 Å². The van der Waals surface area contributed by atoms with E-state index in [0.717, 1.165) is 32.1 Å². The first-order chi connectivity index (χ1) is 15.5. The number of aliphatic hydroxyl groups excluding tert-OH is 1. The van der Waals surface area contributed by atoms with Gasteiger partial charge in [-0.3, -0.25) is 4.79 Å². The van der Waals surface area contributed by atoms with Crippen molar-refractivity contribution in [1.82, 2.24) is 0 Å². The summed E-state index contributed by atoms with van der Waals surface area (Å²) in [5.41, 5.74) is 1.27. The molecular formula is C28H52O4. The van der Waals surface area contributed by atoms with Crippen LogP contribution in [0.4, 0.5) is 0 Å². The highest BCUT2D eigenvalue weighted by Gasteiger charge is 2.47. The first kappa shape index (κ1) is 32.8. The van der Waals surface area contributed by atoms with E-state index in [-0.39, 0.29) is 30.5 Å². The van der Waals surface area contributed by atoms with Crippen LogP contribution in [0.15, 0.2) is 36.0 Å². The van der Waals surface area contributed by atoms with Crippen LogP contribution in [-0.4, -0.2) is 35.0 Å². The van der Waals surface area contributed by atoms with E-state index in [1.54, 1.807) is 0 Å². The Morgan fingerprint density at radius 1 is 1.12 bits per heavy atom. The molecular weight excluding hydrogens is 400 g/mol. The topological polar surface area (TPSA) is 66.8 Å². The van der Waals surface area contributed by atoms with Gasteiger partial charge in [-0.2, -0.15) is 0 Å². The number of fused-ring (bicyclic) bond motifs is 1. The molecule has 2 N–H and O–H groups in total. The first-order valence-corrected chi connectivity index (χ1v) is 13.1. The van der Waals surface area contributed by atoms with Crippen molar-refractivity contribution in [2.45, 2.75) is 113 Å². The molecule has 2 unspecified atom stereocenters. The zero-order valence-corrected chi connectivity index (χ0v) is 22.1. The molecule has 0 bridgehead atoms. The molecule has 1 heterocycles. The molecule has 188 valence electrons. The number of carboxylic acid groups (broad SMARTS) is 1. The van der Waals surface area contributed by atoms with Crippen LogP contribution >= 0.6 is 0 Å². The summed E-state index contributed by atoms with van der Waals surface area (Å²) >= 11 is 0. The summed E-state index contributed by atoms with van der Waals surface area (Å²) in [5, 5.41) is 19.1. The van der Waals surface area contributed by atoms with E-state index in [0.29, 0.717) is 12.5 Å². The molecule has 4 heteroatoms. The number of carbonyl (C=O) groups is 1. The lowest BCUT2D eigenvalue weighted by Crippen LogP contribution is -2.18. The van der Waals surface area contributed by atoms with Crippen molar-refractivity contribution in [3.05, 3.63) is 36.0 Å². The minimum Gasteiger partial charge on any atom is -0.481 e. The van der Waals surface area contributed by atoms with E-state index >= 15 is 0 Å². The van der Waals surface area contributed by atoms with Crippen LogP contribution in [0.3, 0.4) is 0 Å². The molecule has 0 aromatic heterocycles. The fourth-order valence-corrected chi connectivity index (χ4v) is 3.85. The van der Waals surface area contributed by atoms with E-state index in [9.17, 15) is 9.90 Å². The summed E-state index contributed by atoms with van der Waals surface area (Å²) in [4.78, 5) is 10.5. The van der Waals surface area contributed by atoms with E-state index in [1.165, 1.54) is 12.0 Å². The zero-order chi connectivity index (χ0) is 24.9. The van der Waals surface area contributed by atoms with E-state index in [1.807, 2.05) is 41.5 Å². The average molecular weight is 453 g/mol. The third kappa shape index (κ3) is 12.6. The van der Waals surface area contributed by atoms with Gasteiger partial charge >= 0.3 is 5.97 Å². The Morgan fingerprint density at radius 2 is 1.78 bits per heavy atom. The molecule has 0 spiro atoms. The number of carboxylic acids is 1. The highest BCUT2D eigenvalue weighted by Crippen LogP contribution is 2.44. The van der Waals surface area contributed by atoms with Crippen LogP contribution in [0, 0.1) is 17.8 Å². The number of allylic oxidation sites excluding steroid dienone is 4. The van der Waals surface area contributed by atoms with Gasteiger partial charge in [0.1, 0.15) is 0 Å². The predicted octanol–water partition coefficient (Wildman–Crippen LogP) is 7.58. The largest absolute Gasteiger partial charge is 0.481 e. The maximum absolute atomic E-state index is 10.5. The van der Waals surface area contributed by atoms with Gasteiger partial charge in [0.2, 0.25) is 0 Å². The summed E-state index contributed by atoms with van der Waals surface area (Å²) in [6.07, 6.45) is 16.3. The fourth-order valence-electron chi connectivity index (χ4n) is 3.85. The van der Waals surface area contributed by atoms with Crippen LogP contribution < -0.4 is 0 Å². The molecule has 0 radical (unpaired) electrons. The van der Waals surface area contributed by atoms with E-state index < -0.39 is 5.97 Å². The number of aliphatic carboxylic acids is 1. The number of ether oxygens (including phenoxy) is 1. The van der Waals surface area contributed by atoms with Crippen LogP contribution in [0.1, 0.15) is 100 Å². The SMILES string of the molecule is CC.CC.CC.CCC(C)C/C=C/C1[C@H](O)C[C@@H]2OC/C(=C\C=C/CCCCC(=O)O)[C@H]12. The van der Waals surface area contributed by atoms with Gasteiger partial charge in [-0.15, -0.1) is 0 Å². The number of aliphatic hydroxyl groups is 1. The molecule has 2 rings (SSSR count). The third-order valence-electron chi connectivity index (χ3n) is 5.68. The molecule has 5 atom stereocenters. The number of hydrogen-bond acceptors (Lipinski definition) is 3. The minimum absolute atomic E-state index is 0.137. The average Bonchev–Trinajstić information content (AvgIpc) is 3.35.